The Morgan fingerprint density at radius 3 is 2.52 bits per heavy atom. The van der Waals surface area contributed by atoms with Gasteiger partial charge in [0.1, 0.15) is 0 Å². The highest BCUT2D eigenvalue weighted by Gasteiger charge is 2.60. The predicted molar refractivity (Wildman–Crippen MR) is 79.8 cm³/mol. The number of fused-ring (bicyclic) bond motifs is 5. The number of H-pyrrole nitrogens is 1. The number of aromatic amines is 1. The van der Waals surface area contributed by atoms with E-state index in [1.54, 1.807) is 18.5 Å². The second kappa shape index (κ2) is 4.34. The normalized spacial score (nSPS) is 31.2. The minimum Gasteiger partial charge on any atom is -0.274 e. The van der Waals surface area contributed by atoms with Crippen molar-refractivity contribution >= 4 is 17.8 Å². The molecule has 7 nitrogen and oxygen atoms in total. The first-order valence-corrected chi connectivity index (χ1v) is 7.63. The van der Waals surface area contributed by atoms with Crippen molar-refractivity contribution in [3.63, 3.8) is 0 Å². The lowest BCUT2D eigenvalue weighted by molar-refractivity contribution is -0.123. The van der Waals surface area contributed by atoms with Crippen molar-refractivity contribution in [2.45, 2.75) is 6.42 Å². The van der Waals surface area contributed by atoms with Gasteiger partial charge >= 0.3 is 0 Å². The molecule has 3 aliphatic rings. The van der Waals surface area contributed by atoms with E-state index in [1.807, 2.05) is 6.07 Å². The molecule has 2 aromatic rings. The van der Waals surface area contributed by atoms with E-state index in [1.165, 1.54) is 0 Å². The van der Waals surface area contributed by atoms with E-state index >= 15 is 0 Å². The summed E-state index contributed by atoms with van der Waals surface area (Å²) in [7, 11) is 0. The van der Waals surface area contributed by atoms with Crippen LogP contribution in [0.1, 0.15) is 6.42 Å². The third-order valence-corrected chi connectivity index (χ3v) is 5.08. The van der Waals surface area contributed by atoms with E-state index in [4.69, 9.17) is 0 Å². The molecule has 0 radical (unpaired) electrons. The van der Waals surface area contributed by atoms with Crippen LogP contribution in [-0.2, 0) is 9.59 Å². The SMILES string of the molecule is O=C1[C@@H]2[C@@H](C(=O)N1c1n[nH]c(-c3cccnc3)n1)[C@H]1C=C[C@@H]2C1. The van der Waals surface area contributed by atoms with Crippen LogP contribution < -0.4 is 4.90 Å². The third kappa shape index (κ3) is 1.61. The summed E-state index contributed by atoms with van der Waals surface area (Å²) in [6.45, 7) is 0. The Bertz CT molecular complexity index is 813. The maximum Gasteiger partial charge on any atom is 0.258 e. The zero-order valence-corrected chi connectivity index (χ0v) is 12.1. The molecule has 0 unspecified atom stereocenters. The second-order valence-corrected chi connectivity index (χ2v) is 6.24. The second-order valence-electron chi connectivity index (χ2n) is 6.24. The number of allylic oxidation sites excluding steroid dienone is 2. The smallest absolute Gasteiger partial charge is 0.258 e. The largest absolute Gasteiger partial charge is 0.274 e. The first-order valence-electron chi connectivity index (χ1n) is 7.63. The van der Waals surface area contributed by atoms with Gasteiger partial charge in [-0.25, -0.2) is 4.90 Å². The number of anilines is 1. The number of imide groups is 1. The Morgan fingerprint density at radius 1 is 1.13 bits per heavy atom. The standard InChI is InChI=1S/C16H13N5O2/c22-14-11-8-3-4-9(6-8)12(11)15(23)21(14)16-18-13(19-20-16)10-2-1-5-17-7-10/h1-5,7-9,11-12H,6H2,(H,18,19,20)/t8-,9+,11-,12-/m0/s1. The molecule has 4 atom stereocenters. The van der Waals surface area contributed by atoms with Crippen LogP contribution in [0.4, 0.5) is 5.95 Å². The van der Waals surface area contributed by atoms with Crippen molar-refractivity contribution in [3.05, 3.63) is 36.7 Å². The molecule has 5 rings (SSSR count). The lowest BCUT2D eigenvalue weighted by Gasteiger charge is -2.14. The van der Waals surface area contributed by atoms with E-state index in [-0.39, 0.29) is 41.4 Å². The molecule has 1 saturated heterocycles. The van der Waals surface area contributed by atoms with Gasteiger partial charge in [0.2, 0.25) is 11.8 Å². The van der Waals surface area contributed by atoms with Crippen LogP contribution in [-0.4, -0.2) is 32.0 Å². The molecule has 2 aromatic heterocycles. The highest BCUT2D eigenvalue weighted by atomic mass is 16.2. The van der Waals surface area contributed by atoms with Gasteiger partial charge in [0.15, 0.2) is 5.82 Å². The van der Waals surface area contributed by atoms with Gasteiger partial charge in [0.05, 0.1) is 11.8 Å². The summed E-state index contributed by atoms with van der Waals surface area (Å²) in [5, 5.41) is 6.85. The van der Waals surface area contributed by atoms with Crippen molar-refractivity contribution in [2.75, 3.05) is 4.90 Å². The van der Waals surface area contributed by atoms with Crippen molar-refractivity contribution in [2.24, 2.45) is 23.7 Å². The molecule has 2 amide bonds. The number of amides is 2. The predicted octanol–water partition coefficient (Wildman–Crippen LogP) is 1.18. The molecule has 114 valence electrons. The molecule has 2 aliphatic carbocycles. The Balaban J connectivity index is 1.51. The summed E-state index contributed by atoms with van der Waals surface area (Å²) in [6, 6.07) is 3.63. The summed E-state index contributed by atoms with van der Waals surface area (Å²) in [5.41, 5.74) is 0.757. The molecule has 1 N–H and O–H groups in total. The molecular formula is C16H13N5O2. The topological polar surface area (TPSA) is 91.8 Å². The highest BCUT2D eigenvalue weighted by Crippen LogP contribution is 2.52. The van der Waals surface area contributed by atoms with E-state index < -0.39 is 0 Å². The van der Waals surface area contributed by atoms with Gasteiger partial charge in [-0.3, -0.25) is 19.7 Å². The van der Waals surface area contributed by atoms with Crippen LogP contribution in [0.25, 0.3) is 11.4 Å². The van der Waals surface area contributed by atoms with Gasteiger partial charge in [-0.15, -0.1) is 5.10 Å². The van der Waals surface area contributed by atoms with Gasteiger partial charge < -0.3 is 0 Å². The number of pyridine rings is 1. The van der Waals surface area contributed by atoms with Crippen LogP contribution in [0.3, 0.4) is 0 Å². The van der Waals surface area contributed by atoms with Crippen molar-refractivity contribution in [3.8, 4) is 11.4 Å². The van der Waals surface area contributed by atoms with E-state index in [9.17, 15) is 9.59 Å². The Hall–Kier alpha value is -2.83. The van der Waals surface area contributed by atoms with Gasteiger partial charge in [-0.05, 0) is 30.4 Å². The lowest BCUT2D eigenvalue weighted by Crippen LogP contribution is -2.33. The summed E-state index contributed by atoms with van der Waals surface area (Å²) in [6.07, 6.45) is 8.36. The van der Waals surface area contributed by atoms with Gasteiger partial charge in [-0.1, -0.05) is 12.2 Å². The Morgan fingerprint density at radius 2 is 1.87 bits per heavy atom. The number of rotatable bonds is 2. The maximum absolute atomic E-state index is 12.7. The molecule has 1 aliphatic heterocycles. The summed E-state index contributed by atoms with van der Waals surface area (Å²) in [5.74, 6) is 0.170. The molecule has 2 bridgehead atoms. The van der Waals surface area contributed by atoms with Gasteiger partial charge in [-0.2, -0.15) is 4.98 Å². The minimum absolute atomic E-state index is 0.132. The molecule has 7 heteroatoms. The molecule has 1 saturated carbocycles. The lowest BCUT2D eigenvalue weighted by atomic mass is 9.85. The number of nitrogens with one attached hydrogen (secondary N) is 1. The van der Waals surface area contributed by atoms with Crippen molar-refractivity contribution in [1.29, 1.82) is 0 Å². The number of carbonyl (C=O) groups is 2. The number of aromatic nitrogens is 4. The van der Waals surface area contributed by atoms with Crippen LogP contribution in [0.5, 0.6) is 0 Å². The van der Waals surface area contributed by atoms with Crippen molar-refractivity contribution < 1.29 is 9.59 Å². The fourth-order valence-electron chi connectivity index (χ4n) is 4.08. The molecule has 2 fully saturated rings. The maximum atomic E-state index is 12.7. The molecule has 23 heavy (non-hydrogen) atoms. The zero-order chi connectivity index (χ0) is 15.6. The molecule has 0 aromatic carbocycles. The highest BCUT2D eigenvalue weighted by molar-refractivity contribution is 6.21. The van der Waals surface area contributed by atoms with Gasteiger partial charge in [0.25, 0.3) is 5.95 Å². The van der Waals surface area contributed by atoms with Crippen LogP contribution >= 0.6 is 0 Å². The van der Waals surface area contributed by atoms with Gasteiger partial charge in [0, 0.05) is 18.0 Å². The minimum atomic E-state index is -0.238. The number of nitrogens with zero attached hydrogens (tertiary/aromatic N) is 4. The first-order chi connectivity index (χ1) is 11.2. The number of hydrogen-bond acceptors (Lipinski definition) is 5. The summed E-state index contributed by atoms with van der Waals surface area (Å²) >= 11 is 0. The number of carbonyl (C=O) groups excluding carboxylic acids is 2. The number of hydrogen-bond donors (Lipinski definition) is 1. The first kappa shape index (κ1) is 12.7. The monoisotopic (exact) mass is 307 g/mol. The quantitative estimate of drug-likeness (QED) is 0.664. The van der Waals surface area contributed by atoms with Crippen LogP contribution in [0.15, 0.2) is 36.7 Å². The molecular weight excluding hydrogens is 294 g/mol. The third-order valence-electron chi connectivity index (χ3n) is 5.08. The summed E-state index contributed by atoms with van der Waals surface area (Å²) < 4.78 is 0. The molecule has 3 heterocycles. The van der Waals surface area contributed by atoms with Crippen LogP contribution in [0, 0.1) is 23.7 Å². The van der Waals surface area contributed by atoms with E-state index in [0.29, 0.717) is 5.82 Å². The van der Waals surface area contributed by atoms with Crippen LogP contribution in [0.2, 0.25) is 0 Å². The van der Waals surface area contributed by atoms with E-state index in [0.717, 1.165) is 16.9 Å². The molecule has 0 spiro atoms. The fraction of sp³-hybridized carbons (Fsp3) is 0.312. The van der Waals surface area contributed by atoms with E-state index in [2.05, 4.69) is 32.3 Å². The average molecular weight is 307 g/mol. The van der Waals surface area contributed by atoms with Crippen molar-refractivity contribution in [1.82, 2.24) is 20.2 Å². The average Bonchev–Trinajstić information content (AvgIpc) is 3.33. The zero-order valence-electron chi connectivity index (χ0n) is 12.1. The fourth-order valence-corrected chi connectivity index (χ4v) is 4.08. The Labute approximate surface area is 131 Å². The Kier molecular flexibility index (Phi) is 2.40. The summed E-state index contributed by atoms with van der Waals surface area (Å²) in [4.78, 5) is 34.9.